The molecule has 0 unspecified atom stereocenters. The van der Waals surface area contributed by atoms with Gasteiger partial charge < -0.3 is 10.2 Å². The second kappa shape index (κ2) is 8.75. The Hall–Kier alpha value is -4.18. The minimum Gasteiger partial charge on any atom is -0.326 e. The van der Waals surface area contributed by atoms with Crippen LogP contribution in [-0.4, -0.2) is 11.8 Å². The number of carbonyl (C=O) groups excluding carboxylic acids is 2. The van der Waals surface area contributed by atoms with Crippen LogP contribution < -0.4 is 10.2 Å². The van der Waals surface area contributed by atoms with Crippen LogP contribution in [0, 0.1) is 6.92 Å². The van der Waals surface area contributed by atoms with Gasteiger partial charge in [-0.15, -0.1) is 0 Å². The summed E-state index contributed by atoms with van der Waals surface area (Å²) in [6.07, 6.45) is 0.317. The van der Waals surface area contributed by atoms with Gasteiger partial charge in [0.2, 0.25) is 5.91 Å². The number of nitrogens with zero attached hydrogens (tertiary/aromatic N) is 1. The van der Waals surface area contributed by atoms with Gasteiger partial charge in [0.1, 0.15) is 0 Å². The highest BCUT2D eigenvalue weighted by Gasteiger charge is 2.26. The van der Waals surface area contributed by atoms with E-state index >= 15 is 0 Å². The van der Waals surface area contributed by atoms with Crippen LogP contribution in [0.5, 0.6) is 0 Å². The van der Waals surface area contributed by atoms with E-state index in [2.05, 4.69) is 23.5 Å². The maximum absolute atomic E-state index is 13.4. The first-order valence-electron chi connectivity index (χ1n) is 11.0. The topological polar surface area (TPSA) is 49.4 Å². The average Bonchev–Trinajstić information content (AvgIpc) is 2.85. The Balaban J connectivity index is 1.33. The van der Waals surface area contributed by atoms with Crippen LogP contribution in [0.4, 0.5) is 11.4 Å². The molecule has 1 aliphatic rings. The highest BCUT2D eigenvalue weighted by atomic mass is 16.2. The fourth-order valence-corrected chi connectivity index (χ4v) is 4.33. The van der Waals surface area contributed by atoms with Gasteiger partial charge in [-0.2, -0.15) is 0 Å². The number of fused-ring (bicyclic) bond motifs is 3. The van der Waals surface area contributed by atoms with Crippen LogP contribution in [0.25, 0.3) is 11.1 Å². The first-order chi connectivity index (χ1) is 16.1. The highest BCUT2D eigenvalue weighted by molar-refractivity contribution is 6.09. The Morgan fingerprint density at radius 3 is 2.24 bits per heavy atom. The summed E-state index contributed by atoms with van der Waals surface area (Å²) in [5, 5.41) is 2.93. The molecule has 1 heterocycles. The van der Waals surface area contributed by atoms with E-state index in [0.29, 0.717) is 24.2 Å². The van der Waals surface area contributed by atoms with E-state index in [9.17, 15) is 9.59 Å². The number of benzene rings is 4. The van der Waals surface area contributed by atoms with Crippen molar-refractivity contribution in [2.45, 2.75) is 19.9 Å². The van der Waals surface area contributed by atoms with Crippen molar-refractivity contribution in [3.63, 3.8) is 0 Å². The van der Waals surface area contributed by atoms with E-state index in [1.165, 1.54) is 5.56 Å². The van der Waals surface area contributed by atoms with Crippen LogP contribution in [0.3, 0.4) is 0 Å². The average molecular weight is 433 g/mol. The number of carbonyl (C=O) groups is 2. The van der Waals surface area contributed by atoms with Gasteiger partial charge in [-0.05, 0) is 59.5 Å². The van der Waals surface area contributed by atoms with E-state index in [1.807, 2.05) is 66.4 Å². The van der Waals surface area contributed by atoms with E-state index in [4.69, 9.17) is 0 Å². The molecule has 162 valence electrons. The fourth-order valence-electron chi connectivity index (χ4n) is 4.33. The van der Waals surface area contributed by atoms with Crippen LogP contribution in [0.15, 0.2) is 97.1 Å². The van der Waals surface area contributed by atoms with Gasteiger partial charge >= 0.3 is 0 Å². The Morgan fingerprint density at radius 2 is 1.45 bits per heavy atom. The molecule has 4 aromatic carbocycles. The summed E-state index contributed by atoms with van der Waals surface area (Å²) < 4.78 is 0. The largest absolute Gasteiger partial charge is 0.326 e. The molecule has 0 aliphatic carbocycles. The molecular formula is C29H24N2O2. The number of nitrogens with one attached hydrogen (secondary N) is 1. The smallest absolute Gasteiger partial charge is 0.258 e. The predicted molar refractivity (Wildman–Crippen MR) is 132 cm³/mol. The molecule has 5 rings (SSSR count). The van der Waals surface area contributed by atoms with E-state index in [0.717, 1.165) is 27.9 Å². The third kappa shape index (κ3) is 4.15. The highest BCUT2D eigenvalue weighted by Crippen LogP contribution is 2.39. The van der Waals surface area contributed by atoms with Crippen molar-refractivity contribution < 1.29 is 9.59 Å². The third-order valence-corrected chi connectivity index (χ3v) is 6.10. The second-order valence-corrected chi connectivity index (χ2v) is 8.29. The lowest BCUT2D eigenvalue weighted by Gasteiger charge is -2.31. The minimum absolute atomic E-state index is 0.0604. The summed E-state index contributed by atoms with van der Waals surface area (Å²) in [6.45, 7) is 2.53. The molecule has 4 heteroatoms. The van der Waals surface area contributed by atoms with Crippen molar-refractivity contribution in [2.75, 3.05) is 10.2 Å². The lowest BCUT2D eigenvalue weighted by molar-refractivity contribution is -0.115. The molecule has 2 amide bonds. The molecule has 4 nitrogen and oxygen atoms in total. The second-order valence-electron chi connectivity index (χ2n) is 8.29. The van der Waals surface area contributed by atoms with E-state index < -0.39 is 0 Å². The van der Waals surface area contributed by atoms with Crippen LogP contribution in [-0.2, 0) is 17.8 Å². The van der Waals surface area contributed by atoms with Gasteiger partial charge in [0.25, 0.3) is 5.91 Å². The molecule has 0 bridgehead atoms. The summed E-state index contributed by atoms with van der Waals surface area (Å²) >= 11 is 0. The zero-order valence-corrected chi connectivity index (χ0v) is 18.4. The van der Waals surface area contributed by atoms with Crippen molar-refractivity contribution in [3.05, 3.63) is 119 Å². The summed E-state index contributed by atoms with van der Waals surface area (Å²) in [4.78, 5) is 27.7. The van der Waals surface area contributed by atoms with Gasteiger partial charge in [-0.3, -0.25) is 9.59 Å². The third-order valence-electron chi connectivity index (χ3n) is 6.10. The molecule has 0 saturated carbocycles. The molecule has 33 heavy (non-hydrogen) atoms. The van der Waals surface area contributed by atoms with Gasteiger partial charge in [0.05, 0.1) is 18.7 Å². The molecule has 1 aliphatic heterocycles. The van der Waals surface area contributed by atoms with Gasteiger partial charge in [-0.25, -0.2) is 0 Å². The molecule has 0 spiro atoms. The zero-order chi connectivity index (χ0) is 22.8. The first kappa shape index (κ1) is 20.7. The lowest BCUT2D eigenvalue weighted by Crippen LogP contribution is -2.33. The Morgan fingerprint density at radius 1 is 0.788 bits per heavy atom. The number of aryl methyl sites for hydroxylation is 1. The van der Waals surface area contributed by atoms with E-state index in [-0.39, 0.29) is 11.8 Å². The SMILES string of the molecule is Cc1ccccc1CC(=O)Nc1ccc(C(=O)N2Cc3ccccc3-c3ccccc32)cc1. The summed E-state index contributed by atoms with van der Waals surface area (Å²) in [5.74, 6) is -0.139. The number of anilines is 2. The molecule has 4 aromatic rings. The predicted octanol–water partition coefficient (Wildman–Crippen LogP) is 6.00. The Kier molecular flexibility index (Phi) is 5.49. The van der Waals surface area contributed by atoms with Gasteiger partial charge in [-0.1, -0.05) is 66.7 Å². The van der Waals surface area contributed by atoms with Crippen LogP contribution in [0.2, 0.25) is 0 Å². The molecule has 1 N–H and O–H groups in total. The molecule has 0 radical (unpaired) electrons. The summed E-state index contributed by atoms with van der Waals surface area (Å²) in [7, 11) is 0. The summed E-state index contributed by atoms with van der Waals surface area (Å²) in [5.41, 5.74) is 7.64. The standard InChI is InChI=1S/C29H24N2O2/c1-20-8-2-3-9-22(20)18-28(32)30-24-16-14-21(15-17-24)29(33)31-19-23-10-4-5-11-25(23)26-12-6-7-13-27(26)31/h2-17H,18-19H2,1H3,(H,30,32). The van der Waals surface area contributed by atoms with Gasteiger partial charge in [0.15, 0.2) is 0 Å². The van der Waals surface area contributed by atoms with Crippen molar-refractivity contribution in [1.82, 2.24) is 0 Å². The molecule has 0 fully saturated rings. The first-order valence-corrected chi connectivity index (χ1v) is 11.0. The van der Waals surface area contributed by atoms with Crippen molar-refractivity contribution in [2.24, 2.45) is 0 Å². The quantitative estimate of drug-likeness (QED) is 0.430. The number of rotatable bonds is 4. The maximum atomic E-state index is 13.4. The fraction of sp³-hybridized carbons (Fsp3) is 0.103. The number of para-hydroxylation sites is 1. The number of hydrogen-bond acceptors (Lipinski definition) is 2. The lowest BCUT2D eigenvalue weighted by atomic mass is 9.93. The molecular weight excluding hydrogens is 408 g/mol. The number of hydrogen-bond donors (Lipinski definition) is 1. The Labute approximate surface area is 193 Å². The zero-order valence-electron chi connectivity index (χ0n) is 18.4. The molecule has 0 saturated heterocycles. The monoisotopic (exact) mass is 432 g/mol. The normalized spacial score (nSPS) is 12.0. The van der Waals surface area contributed by atoms with Crippen LogP contribution >= 0.6 is 0 Å². The van der Waals surface area contributed by atoms with Gasteiger partial charge in [0, 0.05) is 16.8 Å². The molecule has 0 atom stereocenters. The van der Waals surface area contributed by atoms with Crippen molar-refractivity contribution in [1.29, 1.82) is 0 Å². The van der Waals surface area contributed by atoms with E-state index in [1.54, 1.807) is 24.3 Å². The molecule has 0 aromatic heterocycles. The maximum Gasteiger partial charge on any atom is 0.258 e. The summed E-state index contributed by atoms with van der Waals surface area (Å²) in [6, 6.07) is 31.2. The van der Waals surface area contributed by atoms with Crippen molar-refractivity contribution >= 4 is 23.2 Å². The number of amides is 2. The Bertz CT molecular complexity index is 1340. The van der Waals surface area contributed by atoms with Crippen molar-refractivity contribution in [3.8, 4) is 11.1 Å². The minimum atomic E-state index is -0.0788. The van der Waals surface area contributed by atoms with Crippen LogP contribution in [0.1, 0.15) is 27.0 Å².